The summed E-state index contributed by atoms with van der Waals surface area (Å²) in [5, 5.41) is 18.2. The third-order valence-corrected chi connectivity index (χ3v) is 4.94. The summed E-state index contributed by atoms with van der Waals surface area (Å²) in [6, 6.07) is 11.2. The van der Waals surface area contributed by atoms with Gasteiger partial charge in [-0.05, 0) is 30.9 Å². The summed E-state index contributed by atoms with van der Waals surface area (Å²) >= 11 is 0. The third-order valence-electron chi connectivity index (χ3n) is 4.94. The topological polar surface area (TPSA) is 82.9 Å². The fourth-order valence-electron chi connectivity index (χ4n) is 3.66. The predicted molar refractivity (Wildman–Crippen MR) is 98.4 cm³/mol. The Hall–Kier alpha value is -2.76. The van der Waals surface area contributed by atoms with Crippen LogP contribution in [-0.2, 0) is 0 Å². The van der Waals surface area contributed by atoms with Gasteiger partial charge in [0, 0.05) is 12.6 Å². The standard InChI is InChI=1S/C19H22N4O2/c24-16-11-15-17(19(25)21-16)18(20-12-13-7-3-1-4-8-13)23(22-15)14-9-5-2-6-10-14/h2,5-6,9-11,13,20,24H,1,3-4,7-8,12H2,(H,21,25). The Morgan fingerprint density at radius 1 is 1.20 bits per heavy atom. The van der Waals surface area contributed by atoms with Crippen LogP contribution in [0.4, 0.5) is 5.82 Å². The molecule has 0 spiro atoms. The summed E-state index contributed by atoms with van der Waals surface area (Å²) in [5.74, 6) is 1.14. The number of nitrogens with zero attached hydrogens (tertiary/aromatic N) is 2. The highest BCUT2D eigenvalue weighted by atomic mass is 16.3. The average Bonchev–Trinajstić information content (AvgIpc) is 3.00. The number of rotatable bonds is 4. The number of nitrogens with one attached hydrogen (secondary N) is 2. The minimum Gasteiger partial charge on any atom is -0.494 e. The van der Waals surface area contributed by atoms with E-state index >= 15 is 0 Å². The van der Waals surface area contributed by atoms with E-state index in [9.17, 15) is 9.90 Å². The summed E-state index contributed by atoms with van der Waals surface area (Å²) in [7, 11) is 0. The Kier molecular flexibility index (Phi) is 4.17. The van der Waals surface area contributed by atoms with E-state index in [4.69, 9.17) is 0 Å². The predicted octanol–water partition coefficient (Wildman–Crippen LogP) is 3.41. The van der Waals surface area contributed by atoms with Crippen molar-refractivity contribution in [3.05, 3.63) is 46.8 Å². The number of H-pyrrole nitrogens is 1. The molecule has 1 aliphatic rings. The van der Waals surface area contributed by atoms with Gasteiger partial charge in [0.15, 0.2) is 5.88 Å². The molecule has 6 nitrogen and oxygen atoms in total. The molecule has 0 bridgehead atoms. The van der Waals surface area contributed by atoms with E-state index in [1.165, 1.54) is 38.2 Å². The number of fused-ring (bicyclic) bond motifs is 1. The highest BCUT2D eigenvalue weighted by Crippen LogP contribution is 2.28. The van der Waals surface area contributed by atoms with Crippen molar-refractivity contribution in [3.63, 3.8) is 0 Å². The first kappa shape index (κ1) is 15.7. The lowest BCUT2D eigenvalue weighted by molar-refractivity contribution is 0.373. The molecule has 0 saturated heterocycles. The molecule has 1 aliphatic carbocycles. The maximum absolute atomic E-state index is 12.4. The number of aromatic amines is 1. The first-order valence-electron chi connectivity index (χ1n) is 8.86. The van der Waals surface area contributed by atoms with Crippen LogP contribution in [0.3, 0.4) is 0 Å². The molecule has 1 aromatic carbocycles. The van der Waals surface area contributed by atoms with Crippen molar-refractivity contribution < 1.29 is 5.11 Å². The normalized spacial score (nSPS) is 15.5. The molecule has 4 rings (SSSR count). The minimum absolute atomic E-state index is 0.172. The first-order valence-corrected chi connectivity index (χ1v) is 8.86. The number of para-hydroxylation sites is 1. The van der Waals surface area contributed by atoms with Gasteiger partial charge in [-0.2, -0.15) is 5.10 Å². The molecule has 2 aromatic heterocycles. The zero-order valence-electron chi connectivity index (χ0n) is 14.0. The molecule has 0 atom stereocenters. The van der Waals surface area contributed by atoms with Crippen molar-refractivity contribution in [2.75, 3.05) is 11.9 Å². The molecular formula is C19H22N4O2. The fourth-order valence-corrected chi connectivity index (χ4v) is 3.66. The van der Waals surface area contributed by atoms with Crippen LogP contribution in [-0.4, -0.2) is 26.4 Å². The van der Waals surface area contributed by atoms with E-state index in [1.54, 1.807) is 4.68 Å². The molecule has 0 unspecified atom stereocenters. The minimum atomic E-state index is -0.330. The van der Waals surface area contributed by atoms with Crippen molar-refractivity contribution in [1.29, 1.82) is 0 Å². The van der Waals surface area contributed by atoms with Crippen LogP contribution in [0.25, 0.3) is 16.6 Å². The lowest BCUT2D eigenvalue weighted by atomic mass is 9.89. The van der Waals surface area contributed by atoms with Gasteiger partial charge in [0.25, 0.3) is 5.56 Å². The number of aromatic hydroxyl groups is 1. The molecule has 1 saturated carbocycles. The number of pyridine rings is 1. The lowest BCUT2D eigenvalue weighted by Crippen LogP contribution is -2.19. The van der Waals surface area contributed by atoms with Crippen LogP contribution in [0.15, 0.2) is 41.2 Å². The molecule has 2 heterocycles. The highest BCUT2D eigenvalue weighted by molar-refractivity contribution is 5.90. The largest absolute Gasteiger partial charge is 0.494 e. The van der Waals surface area contributed by atoms with E-state index in [-0.39, 0.29) is 11.4 Å². The summed E-state index contributed by atoms with van der Waals surface area (Å²) in [4.78, 5) is 14.9. The number of anilines is 1. The van der Waals surface area contributed by atoms with Crippen LogP contribution < -0.4 is 10.9 Å². The Morgan fingerprint density at radius 3 is 2.72 bits per heavy atom. The van der Waals surface area contributed by atoms with E-state index in [0.717, 1.165) is 12.2 Å². The Balaban J connectivity index is 1.77. The molecule has 25 heavy (non-hydrogen) atoms. The Morgan fingerprint density at radius 2 is 1.96 bits per heavy atom. The molecule has 130 valence electrons. The van der Waals surface area contributed by atoms with Crippen LogP contribution in [0.2, 0.25) is 0 Å². The van der Waals surface area contributed by atoms with E-state index in [0.29, 0.717) is 22.6 Å². The Bertz CT molecular complexity index is 924. The van der Waals surface area contributed by atoms with Crippen molar-refractivity contribution in [1.82, 2.24) is 14.8 Å². The van der Waals surface area contributed by atoms with Gasteiger partial charge in [0.1, 0.15) is 16.7 Å². The second kappa shape index (κ2) is 6.63. The molecule has 6 heteroatoms. The molecule has 0 radical (unpaired) electrons. The SMILES string of the molecule is O=c1[nH]c(O)cc2nn(-c3ccccc3)c(NCC3CCCCC3)c12. The van der Waals surface area contributed by atoms with Gasteiger partial charge in [-0.1, -0.05) is 37.5 Å². The molecule has 1 fully saturated rings. The molecule has 0 aliphatic heterocycles. The van der Waals surface area contributed by atoms with E-state index in [1.807, 2.05) is 30.3 Å². The highest BCUT2D eigenvalue weighted by Gasteiger charge is 2.19. The third kappa shape index (κ3) is 3.12. The maximum Gasteiger partial charge on any atom is 0.264 e. The number of hydrogen-bond donors (Lipinski definition) is 3. The smallest absolute Gasteiger partial charge is 0.264 e. The van der Waals surface area contributed by atoms with Crippen molar-refractivity contribution in [2.24, 2.45) is 5.92 Å². The van der Waals surface area contributed by atoms with Crippen LogP contribution in [0.1, 0.15) is 32.1 Å². The second-order valence-electron chi connectivity index (χ2n) is 6.72. The zero-order valence-corrected chi connectivity index (χ0v) is 14.0. The molecule has 3 aromatic rings. The van der Waals surface area contributed by atoms with Gasteiger partial charge in [0.05, 0.1) is 5.69 Å². The summed E-state index contributed by atoms with van der Waals surface area (Å²) in [5.41, 5.74) is 1.03. The zero-order chi connectivity index (χ0) is 17.2. The van der Waals surface area contributed by atoms with Crippen molar-refractivity contribution >= 4 is 16.7 Å². The van der Waals surface area contributed by atoms with Crippen LogP contribution >= 0.6 is 0 Å². The van der Waals surface area contributed by atoms with Crippen LogP contribution in [0, 0.1) is 5.92 Å². The Labute approximate surface area is 145 Å². The van der Waals surface area contributed by atoms with Gasteiger partial charge in [-0.3, -0.25) is 9.78 Å². The quantitative estimate of drug-likeness (QED) is 0.681. The van der Waals surface area contributed by atoms with E-state index in [2.05, 4.69) is 15.4 Å². The summed E-state index contributed by atoms with van der Waals surface area (Å²) < 4.78 is 1.75. The first-order chi connectivity index (χ1) is 12.2. The van der Waals surface area contributed by atoms with Crippen LogP contribution in [0.5, 0.6) is 5.88 Å². The average molecular weight is 338 g/mol. The summed E-state index contributed by atoms with van der Waals surface area (Å²) in [6.07, 6.45) is 6.32. The van der Waals surface area contributed by atoms with Gasteiger partial charge in [-0.15, -0.1) is 0 Å². The lowest BCUT2D eigenvalue weighted by Gasteiger charge is -2.22. The molecule has 3 N–H and O–H groups in total. The number of benzene rings is 1. The summed E-state index contributed by atoms with van der Waals surface area (Å²) in [6.45, 7) is 0.827. The van der Waals surface area contributed by atoms with E-state index < -0.39 is 0 Å². The number of aromatic nitrogens is 3. The van der Waals surface area contributed by atoms with Gasteiger partial charge in [0.2, 0.25) is 0 Å². The fraction of sp³-hybridized carbons (Fsp3) is 0.368. The van der Waals surface area contributed by atoms with Crippen molar-refractivity contribution in [2.45, 2.75) is 32.1 Å². The van der Waals surface area contributed by atoms with Gasteiger partial charge >= 0.3 is 0 Å². The molecule has 0 amide bonds. The number of hydrogen-bond acceptors (Lipinski definition) is 4. The maximum atomic E-state index is 12.4. The second-order valence-corrected chi connectivity index (χ2v) is 6.72. The van der Waals surface area contributed by atoms with Gasteiger partial charge < -0.3 is 10.4 Å². The monoisotopic (exact) mass is 338 g/mol. The van der Waals surface area contributed by atoms with Crippen molar-refractivity contribution in [3.8, 4) is 11.6 Å². The molecular weight excluding hydrogens is 316 g/mol. The van der Waals surface area contributed by atoms with Gasteiger partial charge in [-0.25, -0.2) is 4.68 Å².